The number of hydrogen-bond donors (Lipinski definition) is 2. The van der Waals surface area contributed by atoms with E-state index in [0.29, 0.717) is 38.8 Å². The van der Waals surface area contributed by atoms with Crippen LogP contribution in [0.2, 0.25) is 0 Å². The molecule has 10 heteroatoms. The number of nitrogens with zero attached hydrogens (tertiary/aromatic N) is 2. The summed E-state index contributed by atoms with van der Waals surface area (Å²) in [5.41, 5.74) is 9.43. The van der Waals surface area contributed by atoms with Gasteiger partial charge in [0.1, 0.15) is 13.2 Å². The molecule has 2 atom stereocenters. The minimum atomic E-state index is -0.846. The number of ether oxygens (including phenoxy) is 2. The van der Waals surface area contributed by atoms with Crippen LogP contribution in [0.1, 0.15) is 59.8 Å². The van der Waals surface area contributed by atoms with Crippen molar-refractivity contribution in [3.05, 3.63) is 119 Å². The van der Waals surface area contributed by atoms with Gasteiger partial charge in [0.2, 0.25) is 0 Å². The van der Waals surface area contributed by atoms with E-state index in [2.05, 4.69) is 48.5 Å². The summed E-state index contributed by atoms with van der Waals surface area (Å²) in [6.07, 6.45) is 1.78. The summed E-state index contributed by atoms with van der Waals surface area (Å²) in [5.74, 6) is -2.64. The number of carbonyl (C=O) groups is 4. The highest BCUT2D eigenvalue weighted by Gasteiger charge is 2.34. The molecule has 0 radical (unpaired) electrons. The first-order chi connectivity index (χ1) is 25.3. The average Bonchev–Trinajstić information content (AvgIpc) is 3.68. The molecule has 4 aromatic rings. The van der Waals surface area contributed by atoms with Gasteiger partial charge in [-0.2, -0.15) is 0 Å². The second kappa shape index (κ2) is 15.3. The minimum absolute atomic E-state index is 0.0198. The number of benzene rings is 4. The molecule has 10 nitrogen and oxygen atoms in total. The van der Waals surface area contributed by atoms with Crippen LogP contribution in [-0.2, 0) is 19.1 Å². The fourth-order valence-corrected chi connectivity index (χ4v) is 8.06. The minimum Gasteiger partial charge on any atom is -0.481 e. The van der Waals surface area contributed by atoms with Crippen molar-refractivity contribution < 1.29 is 38.9 Å². The number of rotatable bonds is 6. The summed E-state index contributed by atoms with van der Waals surface area (Å²) in [4.78, 5) is 50.3. The molecular formula is C42H42N2O8. The molecule has 8 rings (SSSR count). The molecule has 0 spiro atoms. The summed E-state index contributed by atoms with van der Waals surface area (Å²) in [7, 11) is 0. The molecule has 0 saturated carbocycles. The zero-order valence-corrected chi connectivity index (χ0v) is 28.9. The van der Waals surface area contributed by atoms with Crippen molar-refractivity contribution in [3.63, 3.8) is 0 Å². The molecule has 2 saturated heterocycles. The topological polar surface area (TPSA) is 134 Å². The first kappa shape index (κ1) is 34.8. The molecule has 52 heavy (non-hydrogen) atoms. The number of carbonyl (C=O) groups excluding carboxylic acids is 2. The quantitative estimate of drug-likeness (QED) is 0.212. The molecule has 4 aromatic carbocycles. The van der Waals surface area contributed by atoms with E-state index in [4.69, 9.17) is 9.47 Å². The normalized spacial score (nSPS) is 18.9. The largest absolute Gasteiger partial charge is 0.481 e. The van der Waals surface area contributed by atoms with E-state index in [1.165, 1.54) is 54.3 Å². The summed E-state index contributed by atoms with van der Waals surface area (Å²) in [6.45, 7) is 2.10. The number of hydrogen-bond acceptors (Lipinski definition) is 6. The summed E-state index contributed by atoms with van der Waals surface area (Å²) in [5, 5.41) is 18.4. The van der Waals surface area contributed by atoms with Gasteiger partial charge in [-0.05, 0) is 70.2 Å². The van der Waals surface area contributed by atoms with Crippen LogP contribution in [0.25, 0.3) is 22.3 Å². The van der Waals surface area contributed by atoms with Gasteiger partial charge in [-0.3, -0.25) is 9.59 Å². The predicted molar refractivity (Wildman–Crippen MR) is 194 cm³/mol. The van der Waals surface area contributed by atoms with E-state index >= 15 is 0 Å². The van der Waals surface area contributed by atoms with Gasteiger partial charge in [0.05, 0.1) is 11.8 Å². The maximum atomic E-state index is 12.5. The Kier molecular flexibility index (Phi) is 10.2. The maximum Gasteiger partial charge on any atom is 0.409 e. The van der Waals surface area contributed by atoms with Crippen molar-refractivity contribution in [2.45, 2.75) is 37.5 Å². The van der Waals surface area contributed by atoms with Crippen LogP contribution in [0.4, 0.5) is 9.59 Å². The molecule has 2 amide bonds. The van der Waals surface area contributed by atoms with Gasteiger partial charge in [-0.15, -0.1) is 0 Å². The third-order valence-corrected chi connectivity index (χ3v) is 10.7. The standard InChI is InChI=1S/2C21H21NO4/c2*23-20(24)14-6-5-11-22(12-14)21(25)26-13-19-17-9-3-1-7-15(17)16-8-2-4-10-18(16)19/h2*1-4,7-10,14,19H,5-6,11-13H2,(H,23,24). The fourth-order valence-electron chi connectivity index (χ4n) is 8.06. The SMILES string of the molecule is O=C(O)C1CCCN(C(=O)OCC2c3ccccc3-c3ccccc32)C1.O=C(O)C1CCCN(C(=O)OCC2c3ccccc3-c3ccccc32)C1. The van der Waals surface area contributed by atoms with E-state index in [-0.39, 0.29) is 38.1 Å². The highest BCUT2D eigenvalue weighted by molar-refractivity contribution is 5.80. The van der Waals surface area contributed by atoms with Gasteiger partial charge in [0.25, 0.3) is 0 Å². The van der Waals surface area contributed by atoms with Crippen LogP contribution in [0.3, 0.4) is 0 Å². The van der Waals surface area contributed by atoms with Crippen molar-refractivity contribution in [2.75, 3.05) is 39.4 Å². The zero-order valence-electron chi connectivity index (χ0n) is 28.9. The van der Waals surface area contributed by atoms with Crippen molar-refractivity contribution in [2.24, 2.45) is 11.8 Å². The first-order valence-corrected chi connectivity index (χ1v) is 18.0. The lowest BCUT2D eigenvalue weighted by molar-refractivity contribution is -0.144. The second-order valence-corrected chi connectivity index (χ2v) is 13.9. The Labute approximate surface area is 302 Å². The molecule has 0 aromatic heterocycles. The summed E-state index contributed by atoms with van der Waals surface area (Å²) < 4.78 is 11.2. The lowest BCUT2D eigenvalue weighted by Crippen LogP contribution is -2.42. The molecule has 2 aliphatic carbocycles. The van der Waals surface area contributed by atoms with E-state index < -0.39 is 36.0 Å². The third kappa shape index (κ3) is 7.10. The molecule has 2 fully saturated rings. The van der Waals surface area contributed by atoms with Gasteiger partial charge < -0.3 is 29.5 Å². The van der Waals surface area contributed by atoms with Crippen LogP contribution in [0.15, 0.2) is 97.1 Å². The fraction of sp³-hybridized carbons (Fsp3) is 0.333. The van der Waals surface area contributed by atoms with Gasteiger partial charge in [0, 0.05) is 38.0 Å². The van der Waals surface area contributed by atoms with E-state index in [1.54, 1.807) is 0 Å². The van der Waals surface area contributed by atoms with Crippen molar-refractivity contribution in [3.8, 4) is 22.3 Å². The van der Waals surface area contributed by atoms with E-state index in [9.17, 15) is 29.4 Å². The molecule has 0 bridgehead atoms. The van der Waals surface area contributed by atoms with Crippen LogP contribution in [0.5, 0.6) is 0 Å². The maximum absolute atomic E-state index is 12.5. The highest BCUT2D eigenvalue weighted by atomic mass is 16.6. The lowest BCUT2D eigenvalue weighted by Gasteiger charge is -2.30. The highest BCUT2D eigenvalue weighted by Crippen LogP contribution is 2.45. The lowest BCUT2D eigenvalue weighted by atomic mass is 9.98. The molecule has 2 heterocycles. The number of likely N-dealkylation sites (tertiary alicyclic amines) is 2. The zero-order chi connectivity index (χ0) is 36.2. The van der Waals surface area contributed by atoms with Crippen molar-refractivity contribution >= 4 is 24.1 Å². The molecular weight excluding hydrogens is 660 g/mol. The average molecular weight is 703 g/mol. The van der Waals surface area contributed by atoms with Crippen LogP contribution >= 0.6 is 0 Å². The summed E-state index contributed by atoms with van der Waals surface area (Å²) in [6, 6.07) is 32.8. The number of piperidine rings is 2. The molecule has 2 aliphatic heterocycles. The Morgan fingerprint density at radius 2 is 0.827 bits per heavy atom. The Morgan fingerprint density at radius 3 is 1.13 bits per heavy atom. The van der Waals surface area contributed by atoms with E-state index in [0.717, 1.165) is 0 Å². The molecule has 2 N–H and O–H groups in total. The van der Waals surface area contributed by atoms with Crippen molar-refractivity contribution in [1.82, 2.24) is 9.80 Å². The van der Waals surface area contributed by atoms with Gasteiger partial charge in [-0.1, -0.05) is 97.1 Å². The third-order valence-electron chi connectivity index (χ3n) is 10.7. The second-order valence-electron chi connectivity index (χ2n) is 13.9. The molecule has 4 aliphatic rings. The Balaban J connectivity index is 0.000000162. The smallest absolute Gasteiger partial charge is 0.409 e. The van der Waals surface area contributed by atoms with Crippen LogP contribution < -0.4 is 0 Å². The van der Waals surface area contributed by atoms with Crippen LogP contribution in [-0.4, -0.2) is 83.5 Å². The Hall–Kier alpha value is -5.64. The number of aliphatic carboxylic acids is 2. The predicted octanol–water partition coefficient (Wildman–Crippen LogP) is 7.46. The molecule has 2 unspecified atom stereocenters. The monoisotopic (exact) mass is 702 g/mol. The first-order valence-electron chi connectivity index (χ1n) is 18.0. The van der Waals surface area contributed by atoms with Gasteiger partial charge in [0.15, 0.2) is 0 Å². The Bertz CT molecular complexity index is 1740. The number of carboxylic acid groups (broad SMARTS) is 2. The number of carboxylic acids is 2. The van der Waals surface area contributed by atoms with Gasteiger partial charge >= 0.3 is 24.1 Å². The number of amides is 2. The van der Waals surface area contributed by atoms with Gasteiger partial charge in [-0.25, -0.2) is 9.59 Å². The van der Waals surface area contributed by atoms with Crippen LogP contribution in [0, 0.1) is 11.8 Å². The van der Waals surface area contributed by atoms with Crippen molar-refractivity contribution in [1.29, 1.82) is 0 Å². The van der Waals surface area contributed by atoms with E-state index in [1.807, 2.05) is 48.5 Å². The number of fused-ring (bicyclic) bond motifs is 6. The molecule has 268 valence electrons. The summed E-state index contributed by atoms with van der Waals surface area (Å²) >= 11 is 0. The Morgan fingerprint density at radius 1 is 0.519 bits per heavy atom.